The van der Waals surface area contributed by atoms with Crippen LogP contribution in [-0.2, 0) is 18.4 Å². The molecule has 0 saturated heterocycles. The molecule has 0 fully saturated rings. The Hall–Kier alpha value is -0.653. The minimum absolute atomic E-state index is 0.340. The van der Waals surface area contributed by atoms with E-state index in [1.165, 1.54) is 0 Å². The van der Waals surface area contributed by atoms with Gasteiger partial charge in [0.1, 0.15) is 0 Å². The highest BCUT2D eigenvalue weighted by Crippen LogP contribution is 2.13. The van der Waals surface area contributed by atoms with Crippen LogP contribution in [0.1, 0.15) is 13.3 Å². The van der Waals surface area contributed by atoms with Gasteiger partial charge in [0.05, 0.1) is 6.61 Å². The molecule has 0 atom stereocenters. The molecule has 0 aromatic carbocycles. The van der Waals surface area contributed by atoms with Crippen molar-refractivity contribution in [3.05, 3.63) is 12.2 Å². The summed E-state index contributed by atoms with van der Waals surface area (Å²) in [4.78, 5) is 11.0. The highest BCUT2D eigenvalue weighted by Gasteiger charge is 2.27. The summed E-state index contributed by atoms with van der Waals surface area (Å²) in [5.41, 5.74) is 0.425. The van der Waals surface area contributed by atoms with Crippen LogP contribution in [0.3, 0.4) is 0 Å². The summed E-state index contributed by atoms with van der Waals surface area (Å²) >= 11 is 0. The van der Waals surface area contributed by atoms with Crippen LogP contribution in [0.15, 0.2) is 12.2 Å². The van der Waals surface area contributed by atoms with E-state index in [0.717, 1.165) is 12.5 Å². The quantitative estimate of drug-likeness (QED) is 0.291. The smallest absolute Gasteiger partial charge is 0.334 e. The minimum Gasteiger partial charge on any atom is -0.462 e. The van der Waals surface area contributed by atoms with Gasteiger partial charge in [0.15, 0.2) is 0 Å². The lowest BCUT2D eigenvalue weighted by molar-refractivity contribution is -0.138. The molecule has 0 rings (SSSR count). The third-order valence-electron chi connectivity index (χ3n) is 2.22. The van der Waals surface area contributed by atoms with Gasteiger partial charge >= 0.3 is 14.5 Å². The van der Waals surface area contributed by atoms with E-state index >= 15 is 0 Å². The molecule has 0 radical (unpaired) electrons. The number of hydrogen-bond donors (Lipinski definition) is 0. The van der Waals surface area contributed by atoms with Gasteiger partial charge in [0.25, 0.3) is 0 Å². The molecular weight excluding hydrogens is 212 g/mol. The molecule has 0 bridgehead atoms. The van der Waals surface area contributed by atoms with Crippen molar-refractivity contribution < 1.29 is 18.4 Å². The number of carbonyl (C=O) groups is 1. The Labute approximate surface area is 92.5 Å². The standard InChI is InChI=1S/C10H20O4Si/c1-9(2)10(11)14-7-6-8-15(5,12-3)13-4/h1,6-8H2,2-5H3. The van der Waals surface area contributed by atoms with Crippen molar-refractivity contribution >= 4 is 14.5 Å². The monoisotopic (exact) mass is 232 g/mol. The van der Waals surface area contributed by atoms with Crippen molar-refractivity contribution in [2.45, 2.75) is 25.9 Å². The van der Waals surface area contributed by atoms with Gasteiger partial charge in [-0.05, 0) is 25.9 Å². The molecule has 15 heavy (non-hydrogen) atoms. The van der Waals surface area contributed by atoms with Crippen molar-refractivity contribution in [3.8, 4) is 0 Å². The lowest BCUT2D eigenvalue weighted by Crippen LogP contribution is -2.36. The Morgan fingerprint density at radius 3 is 2.27 bits per heavy atom. The van der Waals surface area contributed by atoms with Gasteiger partial charge in [-0.1, -0.05) is 6.58 Å². The first kappa shape index (κ1) is 14.3. The first-order valence-corrected chi connectivity index (χ1v) is 7.40. The lowest BCUT2D eigenvalue weighted by Gasteiger charge is -2.22. The summed E-state index contributed by atoms with van der Waals surface area (Å²) in [6.45, 7) is 7.50. The van der Waals surface area contributed by atoms with Gasteiger partial charge in [-0.2, -0.15) is 0 Å². The predicted octanol–water partition coefficient (Wildman–Crippen LogP) is 1.86. The fraction of sp³-hybridized carbons (Fsp3) is 0.700. The molecule has 0 saturated carbocycles. The van der Waals surface area contributed by atoms with Crippen molar-refractivity contribution in [3.63, 3.8) is 0 Å². The van der Waals surface area contributed by atoms with Gasteiger partial charge in [-0.15, -0.1) is 0 Å². The van der Waals surface area contributed by atoms with Gasteiger partial charge < -0.3 is 13.6 Å². The predicted molar refractivity (Wildman–Crippen MR) is 60.8 cm³/mol. The molecule has 0 aromatic heterocycles. The average molecular weight is 232 g/mol. The van der Waals surface area contributed by atoms with E-state index in [-0.39, 0.29) is 5.97 Å². The third-order valence-corrected chi connectivity index (χ3v) is 5.21. The average Bonchev–Trinajstić information content (AvgIpc) is 2.23. The second kappa shape index (κ2) is 6.76. The highest BCUT2D eigenvalue weighted by atomic mass is 28.4. The Balaban J connectivity index is 3.71. The Morgan fingerprint density at radius 1 is 1.33 bits per heavy atom. The maximum atomic E-state index is 11.0. The van der Waals surface area contributed by atoms with E-state index in [9.17, 15) is 4.79 Å². The van der Waals surface area contributed by atoms with E-state index in [1.54, 1.807) is 21.1 Å². The summed E-state index contributed by atoms with van der Waals surface area (Å²) < 4.78 is 15.6. The second-order valence-electron chi connectivity index (χ2n) is 3.56. The Morgan fingerprint density at radius 2 is 1.87 bits per heavy atom. The van der Waals surface area contributed by atoms with E-state index in [2.05, 4.69) is 6.58 Å². The largest absolute Gasteiger partial charge is 0.462 e. The van der Waals surface area contributed by atoms with Crippen LogP contribution in [-0.4, -0.2) is 35.4 Å². The van der Waals surface area contributed by atoms with E-state index in [1.807, 2.05) is 6.55 Å². The molecule has 4 nitrogen and oxygen atoms in total. The fourth-order valence-electron chi connectivity index (χ4n) is 0.969. The summed E-state index contributed by atoms with van der Waals surface area (Å²) in [7, 11) is 1.29. The van der Waals surface area contributed by atoms with Crippen LogP contribution in [0.25, 0.3) is 0 Å². The van der Waals surface area contributed by atoms with E-state index < -0.39 is 8.56 Å². The maximum absolute atomic E-state index is 11.0. The van der Waals surface area contributed by atoms with E-state index in [4.69, 9.17) is 13.6 Å². The van der Waals surface area contributed by atoms with Gasteiger partial charge in [0, 0.05) is 19.8 Å². The number of rotatable bonds is 7. The van der Waals surface area contributed by atoms with Crippen LogP contribution < -0.4 is 0 Å². The maximum Gasteiger partial charge on any atom is 0.334 e. The van der Waals surface area contributed by atoms with Crippen LogP contribution in [0, 0.1) is 0 Å². The minimum atomic E-state index is -2.01. The molecule has 0 N–H and O–H groups in total. The summed E-state index contributed by atoms with van der Waals surface area (Å²) in [5.74, 6) is -0.340. The molecule has 0 unspecified atom stereocenters. The number of carbonyl (C=O) groups excluding carboxylic acids is 1. The van der Waals surface area contributed by atoms with Crippen LogP contribution in [0.5, 0.6) is 0 Å². The zero-order chi connectivity index (χ0) is 11.9. The van der Waals surface area contributed by atoms with Crippen LogP contribution in [0.4, 0.5) is 0 Å². The molecule has 0 aliphatic rings. The molecule has 0 aromatic rings. The molecule has 0 heterocycles. The molecule has 5 heteroatoms. The number of esters is 1. The lowest BCUT2D eigenvalue weighted by atomic mass is 10.4. The van der Waals surface area contributed by atoms with Crippen molar-refractivity contribution in [2.75, 3.05) is 20.8 Å². The number of ether oxygens (including phenoxy) is 1. The van der Waals surface area contributed by atoms with Crippen LogP contribution in [0.2, 0.25) is 12.6 Å². The van der Waals surface area contributed by atoms with E-state index in [0.29, 0.717) is 12.2 Å². The Bertz CT molecular complexity index is 223. The zero-order valence-corrected chi connectivity index (χ0v) is 11.0. The first-order valence-electron chi connectivity index (χ1n) is 4.88. The molecule has 0 spiro atoms. The summed E-state index contributed by atoms with van der Waals surface area (Å²) in [5, 5.41) is 0. The fourth-order valence-corrected chi connectivity index (χ4v) is 2.33. The molecular formula is C10H20O4Si. The molecule has 0 aliphatic carbocycles. The molecule has 0 aliphatic heterocycles. The van der Waals surface area contributed by atoms with Crippen LogP contribution >= 0.6 is 0 Å². The first-order chi connectivity index (χ1) is 6.95. The molecule has 0 amide bonds. The van der Waals surface area contributed by atoms with Crippen molar-refractivity contribution in [2.24, 2.45) is 0 Å². The van der Waals surface area contributed by atoms with Gasteiger partial charge in [0.2, 0.25) is 0 Å². The third kappa shape index (κ3) is 5.71. The SMILES string of the molecule is C=C(C)C(=O)OCCC[Si](C)(OC)OC. The second-order valence-corrected chi connectivity index (χ2v) is 7.15. The van der Waals surface area contributed by atoms with Crippen molar-refractivity contribution in [1.82, 2.24) is 0 Å². The topological polar surface area (TPSA) is 44.8 Å². The summed E-state index contributed by atoms with van der Waals surface area (Å²) in [6.07, 6.45) is 0.753. The number of hydrogen-bond acceptors (Lipinski definition) is 4. The normalized spacial score (nSPS) is 11.2. The Kier molecular flexibility index (Phi) is 6.47. The molecule has 88 valence electrons. The highest BCUT2D eigenvalue weighted by molar-refractivity contribution is 6.65. The zero-order valence-electron chi connectivity index (χ0n) is 9.96. The summed E-state index contributed by atoms with van der Waals surface area (Å²) in [6, 6.07) is 0.809. The van der Waals surface area contributed by atoms with Gasteiger partial charge in [-0.3, -0.25) is 0 Å². The van der Waals surface area contributed by atoms with Gasteiger partial charge in [-0.25, -0.2) is 4.79 Å². The van der Waals surface area contributed by atoms with Crippen molar-refractivity contribution in [1.29, 1.82) is 0 Å².